The van der Waals surface area contributed by atoms with Crippen LogP contribution in [0.25, 0.3) is 0 Å². The van der Waals surface area contributed by atoms with Crippen LogP contribution >= 0.6 is 0 Å². The second-order valence-corrected chi connectivity index (χ2v) is 5.58. The van der Waals surface area contributed by atoms with Gasteiger partial charge < -0.3 is 19.5 Å². The number of hydrogen-bond donors (Lipinski definition) is 1. The molecule has 0 fully saturated rings. The zero-order chi connectivity index (χ0) is 18.7. The molecule has 1 aliphatic rings. The molecule has 0 spiro atoms. The highest BCUT2D eigenvalue weighted by Gasteiger charge is 2.30. The van der Waals surface area contributed by atoms with Gasteiger partial charge in [0.05, 0.1) is 12.7 Å². The summed E-state index contributed by atoms with van der Waals surface area (Å²) in [7, 11) is 1.44. The maximum Gasteiger partial charge on any atom is 0.416 e. The van der Waals surface area contributed by atoms with Gasteiger partial charge in [-0.05, 0) is 29.8 Å². The number of benzene rings is 2. The van der Waals surface area contributed by atoms with E-state index in [9.17, 15) is 18.0 Å². The number of methoxy groups -OCH3 is 1. The Balaban J connectivity index is 1.75. The lowest BCUT2D eigenvalue weighted by molar-refractivity contribution is -0.137. The van der Waals surface area contributed by atoms with E-state index in [0.29, 0.717) is 36.0 Å². The van der Waals surface area contributed by atoms with E-state index in [1.807, 2.05) is 0 Å². The second-order valence-electron chi connectivity index (χ2n) is 5.58. The summed E-state index contributed by atoms with van der Waals surface area (Å²) in [5.41, 5.74) is -0.152. The Bertz CT molecular complexity index is 803. The predicted molar refractivity (Wildman–Crippen MR) is 86.6 cm³/mol. The molecule has 5 nitrogen and oxygen atoms in total. The van der Waals surface area contributed by atoms with E-state index in [0.717, 1.165) is 12.1 Å². The van der Waals surface area contributed by atoms with Crippen molar-refractivity contribution in [2.75, 3.05) is 20.3 Å². The molecule has 0 aliphatic carbocycles. The van der Waals surface area contributed by atoms with Crippen molar-refractivity contribution in [3.05, 3.63) is 53.1 Å². The van der Waals surface area contributed by atoms with Gasteiger partial charge in [-0.2, -0.15) is 13.2 Å². The fourth-order valence-corrected chi connectivity index (χ4v) is 2.55. The molecule has 1 aliphatic heterocycles. The SMILES string of the molecule is COc1cc(C(=O)NCc2cccc(C(F)(F)F)c2)cc2c1OCCO2. The van der Waals surface area contributed by atoms with Gasteiger partial charge in [-0.1, -0.05) is 12.1 Å². The molecule has 138 valence electrons. The number of carbonyl (C=O) groups is 1. The van der Waals surface area contributed by atoms with Gasteiger partial charge >= 0.3 is 6.18 Å². The molecule has 0 aromatic heterocycles. The monoisotopic (exact) mass is 367 g/mol. The molecule has 26 heavy (non-hydrogen) atoms. The zero-order valence-corrected chi connectivity index (χ0v) is 13.9. The molecule has 0 atom stereocenters. The Morgan fingerprint density at radius 1 is 1.19 bits per heavy atom. The van der Waals surface area contributed by atoms with Crippen LogP contribution in [-0.4, -0.2) is 26.2 Å². The third-order valence-corrected chi connectivity index (χ3v) is 3.80. The van der Waals surface area contributed by atoms with Crippen molar-refractivity contribution in [3.8, 4) is 17.2 Å². The van der Waals surface area contributed by atoms with Gasteiger partial charge in [-0.15, -0.1) is 0 Å². The average molecular weight is 367 g/mol. The van der Waals surface area contributed by atoms with Gasteiger partial charge in [0.2, 0.25) is 5.75 Å². The molecular weight excluding hydrogens is 351 g/mol. The Kier molecular flexibility index (Phi) is 4.92. The summed E-state index contributed by atoms with van der Waals surface area (Å²) < 4.78 is 54.4. The number of rotatable bonds is 4. The van der Waals surface area contributed by atoms with Gasteiger partial charge in [-0.3, -0.25) is 4.79 Å². The van der Waals surface area contributed by atoms with Crippen molar-refractivity contribution < 1.29 is 32.2 Å². The molecule has 8 heteroatoms. The zero-order valence-electron chi connectivity index (χ0n) is 13.9. The minimum atomic E-state index is -4.43. The first kappa shape index (κ1) is 17.9. The van der Waals surface area contributed by atoms with Crippen LogP contribution in [0, 0.1) is 0 Å². The number of ether oxygens (including phenoxy) is 3. The quantitative estimate of drug-likeness (QED) is 0.900. The maximum absolute atomic E-state index is 12.7. The van der Waals surface area contributed by atoms with Gasteiger partial charge in [-0.25, -0.2) is 0 Å². The van der Waals surface area contributed by atoms with Gasteiger partial charge in [0.15, 0.2) is 11.5 Å². The van der Waals surface area contributed by atoms with E-state index in [4.69, 9.17) is 14.2 Å². The van der Waals surface area contributed by atoms with Crippen molar-refractivity contribution in [1.82, 2.24) is 5.32 Å². The lowest BCUT2D eigenvalue weighted by Crippen LogP contribution is -2.24. The Hall–Kier alpha value is -2.90. The van der Waals surface area contributed by atoms with Crippen molar-refractivity contribution in [2.24, 2.45) is 0 Å². The number of alkyl halides is 3. The Labute approximate surface area is 147 Å². The van der Waals surface area contributed by atoms with Crippen LogP contribution in [0.15, 0.2) is 36.4 Å². The fourth-order valence-electron chi connectivity index (χ4n) is 2.55. The lowest BCUT2D eigenvalue weighted by Gasteiger charge is -2.21. The maximum atomic E-state index is 12.7. The minimum absolute atomic E-state index is 0.0422. The number of carbonyl (C=O) groups excluding carboxylic acids is 1. The third kappa shape index (κ3) is 3.84. The van der Waals surface area contributed by atoms with E-state index >= 15 is 0 Å². The standard InChI is InChI=1S/C18H16F3NO4/c1-24-14-8-12(9-15-16(14)26-6-5-25-15)17(23)22-10-11-3-2-4-13(7-11)18(19,20)21/h2-4,7-9H,5-6,10H2,1H3,(H,22,23). The summed E-state index contributed by atoms with van der Waals surface area (Å²) in [6, 6.07) is 7.81. The first-order valence-electron chi connectivity index (χ1n) is 7.80. The van der Waals surface area contributed by atoms with E-state index in [1.165, 1.54) is 31.4 Å². The summed E-state index contributed by atoms with van der Waals surface area (Å²) in [6.45, 7) is 0.690. The smallest absolute Gasteiger partial charge is 0.416 e. The first-order valence-corrected chi connectivity index (χ1v) is 7.80. The molecule has 0 bridgehead atoms. The molecule has 3 rings (SSSR count). The third-order valence-electron chi connectivity index (χ3n) is 3.80. The van der Waals surface area contributed by atoms with Crippen LogP contribution in [-0.2, 0) is 12.7 Å². The molecule has 1 heterocycles. The Morgan fingerprint density at radius 3 is 2.69 bits per heavy atom. The highest BCUT2D eigenvalue weighted by atomic mass is 19.4. The molecule has 0 unspecified atom stereocenters. The number of fused-ring (bicyclic) bond motifs is 1. The normalized spacial score (nSPS) is 13.2. The molecule has 1 amide bonds. The number of halogens is 3. The summed E-state index contributed by atoms with van der Waals surface area (Å²) in [5, 5.41) is 2.59. The topological polar surface area (TPSA) is 56.8 Å². The largest absolute Gasteiger partial charge is 0.493 e. The Morgan fingerprint density at radius 2 is 1.96 bits per heavy atom. The molecule has 2 aromatic rings. The van der Waals surface area contributed by atoms with E-state index in [2.05, 4.69) is 5.32 Å². The highest BCUT2D eigenvalue weighted by molar-refractivity contribution is 5.95. The van der Waals surface area contributed by atoms with E-state index in [1.54, 1.807) is 0 Å². The van der Waals surface area contributed by atoms with Gasteiger partial charge in [0.1, 0.15) is 13.2 Å². The summed E-state index contributed by atoms with van der Waals surface area (Å²) in [6.07, 6.45) is -4.43. The second kappa shape index (κ2) is 7.15. The van der Waals surface area contributed by atoms with Crippen LogP contribution in [0.4, 0.5) is 13.2 Å². The van der Waals surface area contributed by atoms with Crippen LogP contribution in [0.1, 0.15) is 21.5 Å². The summed E-state index contributed by atoms with van der Waals surface area (Å²) >= 11 is 0. The van der Waals surface area contributed by atoms with Crippen LogP contribution in [0.3, 0.4) is 0 Å². The average Bonchev–Trinajstić information content (AvgIpc) is 2.64. The number of amides is 1. The van der Waals surface area contributed by atoms with Crippen molar-refractivity contribution in [3.63, 3.8) is 0 Å². The van der Waals surface area contributed by atoms with Crippen molar-refractivity contribution in [1.29, 1.82) is 0 Å². The predicted octanol–water partition coefficient (Wildman–Crippen LogP) is 3.42. The van der Waals surface area contributed by atoms with E-state index in [-0.39, 0.29) is 12.1 Å². The molecule has 0 saturated heterocycles. The van der Waals surface area contributed by atoms with Gasteiger partial charge in [0, 0.05) is 12.1 Å². The number of hydrogen-bond acceptors (Lipinski definition) is 4. The molecule has 0 saturated carbocycles. The van der Waals surface area contributed by atoms with Crippen molar-refractivity contribution in [2.45, 2.75) is 12.7 Å². The summed E-state index contributed by atoms with van der Waals surface area (Å²) in [4.78, 5) is 12.4. The molecule has 0 radical (unpaired) electrons. The first-order chi connectivity index (χ1) is 12.4. The van der Waals surface area contributed by atoms with Crippen molar-refractivity contribution >= 4 is 5.91 Å². The van der Waals surface area contributed by atoms with Crippen LogP contribution in [0.5, 0.6) is 17.2 Å². The molecular formula is C18H16F3NO4. The molecule has 1 N–H and O–H groups in total. The minimum Gasteiger partial charge on any atom is -0.493 e. The highest BCUT2D eigenvalue weighted by Crippen LogP contribution is 2.40. The van der Waals surface area contributed by atoms with Gasteiger partial charge in [0.25, 0.3) is 5.91 Å². The summed E-state index contributed by atoms with van der Waals surface area (Å²) in [5.74, 6) is 0.706. The van der Waals surface area contributed by atoms with Crippen LogP contribution in [0.2, 0.25) is 0 Å². The lowest BCUT2D eigenvalue weighted by atomic mass is 10.1. The molecule has 2 aromatic carbocycles. The number of nitrogens with one attached hydrogen (secondary N) is 1. The fraction of sp³-hybridized carbons (Fsp3) is 0.278. The van der Waals surface area contributed by atoms with E-state index < -0.39 is 17.6 Å². The van der Waals surface area contributed by atoms with Crippen LogP contribution < -0.4 is 19.5 Å².